The summed E-state index contributed by atoms with van der Waals surface area (Å²) in [6, 6.07) is 5.53. The number of carbonyl (C=O) groups is 2. The smallest absolute Gasteiger partial charge is 0.368 e. The molecule has 1 aliphatic heterocycles. The number of alkyl halides is 3. The Bertz CT molecular complexity index is 1020. The summed E-state index contributed by atoms with van der Waals surface area (Å²) < 4.78 is 37.8. The van der Waals surface area contributed by atoms with E-state index in [0.29, 0.717) is 31.9 Å². The number of benzene rings is 1. The van der Waals surface area contributed by atoms with Crippen molar-refractivity contribution < 1.29 is 22.8 Å². The number of carbonyl (C=O) groups excluding carboxylic acids is 2. The lowest BCUT2D eigenvalue weighted by Crippen LogP contribution is -2.48. The van der Waals surface area contributed by atoms with Gasteiger partial charge in [0.2, 0.25) is 11.9 Å². The van der Waals surface area contributed by atoms with Gasteiger partial charge in [0.25, 0.3) is 5.91 Å². The molecule has 1 aromatic heterocycles. The Hall–Kier alpha value is -3.61. The number of piperazine rings is 1. The van der Waals surface area contributed by atoms with Gasteiger partial charge in [0.1, 0.15) is 12.4 Å². The van der Waals surface area contributed by atoms with E-state index in [1.54, 1.807) is 17.9 Å². The number of amides is 2. The molecule has 10 nitrogen and oxygen atoms in total. The summed E-state index contributed by atoms with van der Waals surface area (Å²) in [5.74, 6) is -1.26. The average molecular weight is 466 g/mol. The number of nitrogens with two attached hydrogens (primary N) is 2. The number of halogens is 3. The number of anilines is 4. The molecule has 1 fully saturated rings. The second-order valence-electron chi connectivity index (χ2n) is 7.45. The maximum Gasteiger partial charge on any atom is 0.405 e. The Labute approximate surface area is 188 Å². The van der Waals surface area contributed by atoms with Crippen molar-refractivity contribution in [3.05, 3.63) is 35.5 Å². The molecule has 6 N–H and O–H groups in total. The molecule has 0 atom stereocenters. The van der Waals surface area contributed by atoms with Gasteiger partial charge in [0.05, 0.1) is 5.56 Å². The summed E-state index contributed by atoms with van der Waals surface area (Å²) in [6.45, 7) is 2.96. The molecule has 0 aliphatic carbocycles. The van der Waals surface area contributed by atoms with Crippen LogP contribution >= 0.6 is 0 Å². The van der Waals surface area contributed by atoms with Crippen LogP contribution in [0.1, 0.15) is 22.8 Å². The molecule has 0 radical (unpaired) electrons. The van der Waals surface area contributed by atoms with E-state index in [0.717, 1.165) is 17.4 Å². The fraction of sp³-hybridized carbons (Fsp3) is 0.400. The molecule has 0 spiro atoms. The van der Waals surface area contributed by atoms with E-state index in [1.807, 2.05) is 12.1 Å². The third kappa shape index (κ3) is 6.22. The molecular formula is C20H25F3N8O2. The second kappa shape index (κ2) is 9.90. The van der Waals surface area contributed by atoms with Gasteiger partial charge >= 0.3 is 6.18 Å². The van der Waals surface area contributed by atoms with Crippen LogP contribution in [-0.2, 0) is 11.3 Å². The molecule has 0 unspecified atom stereocenters. The quantitative estimate of drug-likeness (QED) is 0.480. The first-order valence-corrected chi connectivity index (χ1v) is 10.2. The number of nitrogens with one attached hydrogen (secondary N) is 2. The predicted molar refractivity (Wildman–Crippen MR) is 117 cm³/mol. The molecule has 1 aliphatic rings. The zero-order chi connectivity index (χ0) is 24.2. The van der Waals surface area contributed by atoms with E-state index >= 15 is 0 Å². The van der Waals surface area contributed by atoms with Crippen LogP contribution in [0.15, 0.2) is 24.4 Å². The van der Waals surface area contributed by atoms with Crippen LogP contribution in [-0.4, -0.2) is 65.6 Å². The minimum Gasteiger partial charge on any atom is -0.368 e. The molecule has 13 heteroatoms. The summed E-state index contributed by atoms with van der Waals surface area (Å²) in [6.07, 6.45) is -3.45. The highest BCUT2D eigenvalue weighted by atomic mass is 19.4. The number of rotatable bonds is 7. The number of aromatic nitrogens is 2. The van der Waals surface area contributed by atoms with Crippen LogP contribution in [0.4, 0.5) is 36.3 Å². The monoisotopic (exact) mass is 466 g/mol. The highest BCUT2D eigenvalue weighted by Crippen LogP contribution is 2.27. The summed E-state index contributed by atoms with van der Waals surface area (Å²) in [5.41, 5.74) is 13.1. The third-order valence-electron chi connectivity index (χ3n) is 5.16. The van der Waals surface area contributed by atoms with E-state index in [4.69, 9.17) is 11.5 Å². The summed E-state index contributed by atoms with van der Waals surface area (Å²) in [5, 5.41) is 5.01. The van der Waals surface area contributed by atoms with Crippen molar-refractivity contribution in [3.63, 3.8) is 0 Å². The number of primary amides is 1. The molecule has 33 heavy (non-hydrogen) atoms. The first kappa shape index (κ1) is 24.0. The molecule has 3 rings (SSSR count). The Morgan fingerprint density at radius 2 is 1.88 bits per heavy atom. The first-order chi connectivity index (χ1) is 15.6. The highest BCUT2D eigenvalue weighted by molar-refractivity contribution is 5.97. The van der Waals surface area contributed by atoms with Crippen molar-refractivity contribution in [2.75, 3.05) is 48.3 Å². The van der Waals surface area contributed by atoms with Crippen LogP contribution in [0.3, 0.4) is 0 Å². The average Bonchev–Trinajstić information content (AvgIpc) is 2.77. The van der Waals surface area contributed by atoms with Crippen LogP contribution < -0.4 is 27.0 Å². The van der Waals surface area contributed by atoms with Gasteiger partial charge in [-0.25, -0.2) is 4.98 Å². The van der Waals surface area contributed by atoms with Gasteiger partial charge in [-0.1, -0.05) is 0 Å². The Morgan fingerprint density at radius 1 is 1.18 bits per heavy atom. The lowest BCUT2D eigenvalue weighted by Gasteiger charge is -2.36. The van der Waals surface area contributed by atoms with Gasteiger partial charge in [-0.2, -0.15) is 18.2 Å². The van der Waals surface area contributed by atoms with E-state index in [-0.39, 0.29) is 29.8 Å². The topological polar surface area (TPSA) is 142 Å². The van der Waals surface area contributed by atoms with E-state index in [1.165, 1.54) is 0 Å². The predicted octanol–water partition coefficient (Wildman–Crippen LogP) is 1.42. The van der Waals surface area contributed by atoms with Crippen LogP contribution in [0, 0.1) is 0 Å². The largest absolute Gasteiger partial charge is 0.405 e. The van der Waals surface area contributed by atoms with Crippen molar-refractivity contribution >= 4 is 35.0 Å². The van der Waals surface area contributed by atoms with E-state index in [9.17, 15) is 22.8 Å². The molecule has 2 aromatic rings. The van der Waals surface area contributed by atoms with E-state index in [2.05, 4.69) is 25.5 Å². The molecular weight excluding hydrogens is 441 g/mol. The molecule has 1 aromatic carbocycles. The normalized spacial score (nSPS) is 14.2. The van der Waals surface area contributed by atoms with Gasteiger partial charge < -0.3 is 31.9 Å². The van der Waals surface area contributed by atoms with Gasteiger partial charge in [-0.3, -0.25) is 9.59 Å². The molecule has 178 valence electrons. The maximum absolute atomic E-state index is 12.6. The summed E-state index contributed by atoms with van der Waals surface area (Å²) in [4.78, 5) is 34.9. The number of hydrogen-bond acceptors (Lipinski definition) is 8. The Morgan fingerprint density at radius 3 is 2.45 bits per heavy atom. The van der Waals surface area contributed by atoms with Crippen molar-refractivity contribution in [2.45, 2.75) is 19.6 Å². The molecule has 1 saturated heterocycles. The second-order valence-corrected chi connectivity index (χ2v) is 7.45. The van der Waals surface area contributed by atoms with Crippen LogP contribution in [0.25, 0.3) is 0 Å². The highest BCUT2D eigenvalue weighted by Gasteiger charge is 2.28. The lowest BCUT2D eigenvalue weighted by molar-refractivity contribution is -0.129. The Balaban J connectivity index is 1.78. The maximum atomic E-state index is 12.6. The van der Waals surface area contributed by atoms with Crippen LogP contribution in [0.2, 0.25) is 0 Å². The molecule has 0 saturated carbocycles. The standard InChI is InChI=1S/C20H25F3N8O2/c1-12(32)30-4-6-31(7-5-30)14-2-3-16(13(8-14)9-24)28-19-26-10-15(17(25)33)18(29-19)27-11-20(21,22)23/h2-3,8,10H,4-7,9,11,24H2,1H3,(H2,25,33)(H2,26,27,28,29). The molecule has 2 amide bonds. The zero-order valence-electron chi connectivity index (χ0n) is 17.9. The van der Waals surface area contributed by atoms with Crippen LogP contribution in [0.5, 0.6) is 0 Å². The van der Waals surface area contributed by atoms with Gasteiger partial charge in [0, 0.05) is 57.2 Å². The fourth-order valence-electron chi connectivity index (χ4n) is 3.41. The lowest BCUT2D eigenvalue weighted by atomic mass is 10.1. The number of hydrogen-bond donors (Lipinski definition) is 4. The first-order valence-electron chi connectivity index (χ1n) is 10.2. The van der Waals surface area contributed by atoms with Gasteiger partial charge in [0.15, 0.2) is 0 Å². The van der Waals surface area contributed by atoms with Crippen molar-refractivity contribution in [1.29, 1.82) is 0 Å². The van der Waals surface area contributed by atoms with Gasteiger partial charge in [-0.15, -0.1) is 0 Å². The summed E-state index contributed by atoms with van der Waals surface area (Å²) in [7, 11) is 0. The van der Waals surface area contributed by atoms with Gasteiger partial charge in [-0.05, 0) is 23.8 Å². The van der Waals surface area contributed by atoms with Crippen molar-refractivity contribution in [3.8, 4) is 0 Å². The van der Waals surface area contributed by atoms with Crippen molar-refractivity contribution in [2.24, 2.45) is 11.5 Å². The molecule has 0 bridgehead atoms. The van der Waals surface area contributed by atoms with Crippen molar-refractivity contribution in [1.82, 2.24) is 14.9 Å². The minimum absolute atomic E-state index is 0.0257. The zero-order valence-corrected chi connectivity index (χ0v) is 17.9. The fourth-order valence-corrected chi connectivity index (χ4v) is 3.41. The van der Waals surface area contributed by atoms with E-state index < -0.39 is 18.6 Å². The summed E-state index contributed by atoms with van der Waals surface area (Å²) >= 11 is 0. The SMILES string of the molecule is CC(=O)N1CCN(c2ccc(Nc3ncc(C(N)=O)c(NCC(F)(F)F)n3)c(CN)c2)CC1. The third-order valence-corrected chi connectivity index (χ3v) is 5.16. The Kier molecular flexibility index (Phi) is 7.21. The molecule has 2 heterocycles. The number of nitrogens with zero attached hydrogens (tertiary/aromatic N) is 4. The minimum atomic E-state index is -4.51.